The Morgan fingerprint density at radius 3 is 2.53 bits per heavy atom. The van der Waals surface area contributed by atoms with Gasteiger partial charge in [-0.1, -0.05) is 36.7 Å². The Bertz CT molecular complexity index is 814. The average Bonchev–Trinajstić information content (AvgIpc) is 2.72. The van der Waals surface area contributed by atoms with Crippen molar-refractivity contribution in [2.75, 3.05) is 13.6 Å². The van der Waals surface area contributed by atoms with E-state index in [1.54, 1.807) is 31.2 Å². The lowest BCUT2D eigenvalue weighted by Gasteiger charge is -2.43. The molecule has 1 fully saturated rings. The summed E-state index contributed by atoms with van der Waals surface area (Å²) in [6, 6.07) is 6.94. The Labute approximate surface area is 180 Å². The summed E-state index contributed by atoms with van der Waals surface area (Å²) >= 11 is 6.39. The SMILES string of the molecule is CCC(OC(=O)CNC(C)=O)OC(=O)N(C)[C@]1(c2ccccc2Cl)CCCCC1=O. The number of rotatable bonds is 7. The van der Waals surface area contributed by atoms with Gasteiger partial charge in [0.15, 0.2) is 5.78 Å². The standard InChI is InChI=1S/C21H27ClN2O6/c1-4-19(29-18(27)13-23-14(2)25)30-20(28)24(3)21(12-8-7-11-17(21)26)15-9-5-6-10-16(15)22/h5-6,9-10,19H,4,7-8,11-13H2,1-3H3,(H,23,25)/t19?,21-/m0/s1. The van der Waals surface area contributed by atoms with Gasteiger partial charge in [-0.05, 0) is 25.3 Å². The quantitative estimate of drug-likeness (QED) is 0.518. The number of likely N-dealkylation sites (N-methyl/N-ethyl adjacent to an activating group) is 1. The smallest absolute Gasteiger partial charge is 0.413 e. The predicted octanol–water partition coefficient (Wildman–Crippen LogP) is 3.16. The highest BCUT2D eigenvalue weighted by Gasteiger charge is 2.49. The maximum Gasteiger partial charge on any atom is 0.413 e. The second-order valence-electron chi connectivity index (χ2n) is 7.15. The summed E-state index contributed by atoms with van der Waals surface area (Å²) < 4.78 is 10.5. The van der Waals surface area contributed by atoms with E-state index in [4.69, 9.17) is 21.1 Å². The van der Waals surface area contributed by atoms with Crippen molar-refractivity contribution in [3.63, 3.8) is 0 Å². The largest absolute Gasteiger partial charge is 0.424 e. The number of hydrogen-bond acceptors (Lipinski definition) is 6. The first-order valence-electron chi connectivity index (χ1n) is 9.89. The molecule has 8 nitrogen and oxygen atoms in total. The minimum absolute atomic E-state index is 0.114. The molecule has 1 aliphatic rings. The number of halogens is 1. The van der Waals surface area contributed by atoms with Crippen LogP contribution in [0.3, 0.4) is 0 Å². The van der Waals surface area contributed by atoms with Crippen molar-refractivity contribution in [2.45, 2.75) is 57.8 Å². The molecule has 0 aromatic heterocycles. The molecule has 2 rings (SSSR count). The van der Waals surface area contributed by atoms with E-state index in [0.29, 0.717) is 23.4 Å². The Hall–Kier alpha value is -2.61. The molecule has 30 heavy (non-hydrogen) atoms. The molecular formula is C21H27ClN2O6. The highest BCUT2D eigenvalue weighted by Crippen LogP contribution is 2.42. The maximum absolute atomic E-state index is 13.1. The van der Waals surface area contributed by atoms with Gasteiger partial charge in [-0.25, -0.2) is 4.79 Å². The van der Waals surface area contributed by atoms with Gasteiger partial charge in [0.25, 0.3) is 0 Å². The highest BCUT2D eigenvalue weighted by molar-refractivity contribution is 6.31. The van der Waals surface area contributed by atoms with E-state index in [1.165, 1.54) is 18.9 Å². The molecule has 9 heteroatoms. The van der Waals surface area contributed by atoms with Gasteiger partial charge >= 0.3 is 12.1 Å². The van der Waals surface area contributed by atoms with Crippen molar-refractivity contribution in [1.82, 2.24) is 10.2 Å². The maximum atomic E-state index is 13.1. The minimum Gasteiger partial charge on any atom is -0.424 e. The number of nitrogens with zero attached hydrogens (tertiary/aromatic N) is 1. The number of Topliss-reactive ketones (excluding diaryl/α,β-unsaturated/α-hetero) is 1. The summed E-state index contributed by atoms with van der Waals surface area (Å²) in [5, 5.41) is 2.71. The first kappa shape index (κ1) is 23.7. The lowest BCUT2D eigenvalue weighted by atomic mass is 9.74. The van der Waals surface area contributed by atoms with Crippen molar-refractivity contribution in [2.24, 2.45) is 0 Å². The van der Waals surface area contributed by atoms with E-state index in [0.717, 1.165) is 12.8 Å². The van der Waals surface area contributed by atoms with Crippen LogP contribution in [0.15, 0.2) is 24.3 Å². The molecule has 0 aliphatic heterocycles. The van der Waals surface area contributed by atoms with Gasteiger partial charge in [0.05, 0.1) is 0 Å². The third-order valence-corrected chi connectivity index (χ3v) is 5.46. The number of benzene rings is 1. The van der Waals surface area contributed by atoms with E-state index in [2.05, 4.69) is 5.32 Å². The van der Waals surface area contributed by atoms with Crippen LogP contribution in [0, 0.1) is 0 Å². The van der Waals surface area contributed by atoms with Crippen molar-refractivity contribution >= 4 is 35.4 Å². The van der Waals surface area contributed by atoms with Crippen LogP contribution in [-0.4, -0.2) is 48.5 Å². The number of amides is 2. The number of ketones is 1. The van der Waals surface area contributed by atoms with E-state index >= 15 is 0 Å². The fourth-order valence-electron chi connectivity index (χ4n) is 3.55. The molecule has 0 spiro atoms. The van der Waals surface area contributed by atoms with E-state index in [9.17, 15) is 19.2 Å². The first-order valence-corrected chi connectivity index (χ1v) is 10.3. The van der Waals surface area contributed by atoms with E-state index in [-0.39, 0.29) is 24.7 Å². The normalized spacial score (nSPS) is 19.5. The highest BCUT2D eigenvalue weighted by atomic mass is 35.5. The summed E-state index contributed by atoms with van der Waals surface area (Å²) in [4.78, 5) is 50.0. The van der Waals surface area contributed by atoms with Crippen LogP contribution < -0.4 is 5.32 Å². The number of ether oxygens (including phenoxy) is 2. The monoisotopic (exact) mass is 438 g/mol. The van der Waals surface area contributed by atoms with Gasteiger partial charge in [-0.3, -0.25) is 19.3 Å². The predicted molar refractivity (Wildman–Crippen MR) is 110 cm³/mol. The van der Waals surface area contributed by atoms with Crippen LogP contribution in [-0.2, 0) is 29.4 Å². The zero-order chi connectivity index (χ0) is 22.3. The second-order valence-corrected chi connectivity index (χ2v) is 7.56. The Morgan fingerprint density at radius 2 is 1.93 bits per heavy atom. The molecule has 1 saturated carbocycles. The number of esters is 1. The van der Waals surface area contributed by atoms with Crippen molar-refractivity contribution < 1.29 is 28.7 Å². The topological polar surface area (TPSA) is 102 Å². The third-order valence-electron chi connectivity index (χ3n) is 5.13. The molecule has 164 valence electrons. The summed E-state index contributed by atoms with van der Waals surface area (Å²) in [5.41, 5.74) is -0.696. The van der Waals surface area contributed by atoms with Crippen LogP contribution in [0.4, 0.5) is 4.79 Å². The van der Waals surface area contributed by atoms with Crippen LogP contribution in [0.5, 0.6) is 0 Å². The molecule has 2 atom stereocenters. The fourth-order valence-corrected chi connectivity index (χ4v) is 3.84. The molecule has 0 radical (unpaired) electrons. The van der Waals surface area contributed by atoms with Crippen molar-refractivity contribution in [3.8, 4) is 0 Å². The Kier molecular flexibility index (Phi) is 8.23. The molecular weight excluding hydrogens is 412 g/mol. The zero-order valence-electron chi connectivity index (χ0n) is 17.4. The number of carbonyl (C=O) groups excluding carboxylic acids is 4. The van der Waals surface area contributed by atoms with Crippen LogP contribution in [0.1, 0.15) is 51.5 Å². The molecule has 0 bridgehead atoms. The van der Waals surface area contributed by atoms with Gasteiger partial charge in [-0.2, -0.15) is 0 Å². The molecule has 1 aliphatic carbocycles. The zero-order valence-corrected chi connectivity index (χ0v) is 18.2. The third kappa shape index (κ3) is 5.30. The van der Waals surface area contributed by atoms with Crippen molar-refractivity contribution in [1.29, 1.82) is 0 Å². The van der Waals surface area contributed by atoms with E-state index in [1.807, 2.05) is 0 Å². The molecule has 0 saturated heterocycles. The summed E-state index contributed by atoms with van der Waals surface area (Å²) in [6.07, 6.45) is 0.487. The molecule has 1 aromatic rings. The van der Waals surface area contributed by atoms with Crippen molar-refractivity contribution in [3.05, 3.63) is 34.9 Å². The van der Waals surface area contributed by atoms with Gasteiger partial charge < -0.3 is 14.8 Å². The summed E-state index contributed by atoms with van der Waals surface area (Å²) in [7, 11) is 1.49. The molecule has 2 amide bonds. The second kappa shape index (κ2) is 10.4. The van der Waals surface area contributed by atoms with Gasteiger partial charge in [0.1, 0.15) is 12.1 Å². The lowest BCUT2D eigenvalue weighted by molar-refractivity contribution is -0.170. The number of nitrogens with one attached hydrogen (secondary N) is 1. The van der Waals surface area contributed by atoms with Crippen LogP contribution in [0.2, 0.25) is 5.02 Å². The summed E-state index contributed by atoms with van der Waals surface area (Å²) in [5.74, 6) is -1.23. The average molecular weight is 439 g/mol. The number of carbonyl (C=O) groups is 4. The van der Waals surface area contributed by atoms with Crippen LogP contribution in [0.25, 0.3) is 0 Å². The van der Waals surface area contributed by atoms with Gasteiger partial charge in [0.2, 0.25) is 12.2 Å². The molecule has 1 aromatic carbocycles. The minimum atomic E-state index is -1.24. The Balaban J connectivity index is 2.21. The van der Waals surface area contributed by atoms with Gasteiger partial charge in [-0.15, -0.1) is 0 Å². The number of hydrogen-bond donors (Lipinski definition) is 1. The lowest BCUT2D eigenvalue weighted by Crippen LogP contribution is -2.55. The molecule has 0 heterocycles. The molecule has 1 N–H and O–H groups in total. The van der Waals surface area contributed by atoms with E-state index < -0.39 is 23.9 Å². The molecule has 1 unspecified atom stereocenters. The Morgan fingerprint density at radius 1 is 1.23 bits per heavy atom. The fraction of sp³-hybridized carbons (Fsp3) is 0.524. The van der Waals surface area contributed by atoms with Gasteiger partial charge in [0, 0.05) is 37.4 Å². The first-order chi connectivity index (χ1) is 14.2. The summed E-state index contributed by atoms with van der Waals surface area (Å²) in [6.45, 7) is 2.62. The van der Waals surface area contributed by atoms with Crippen LogP contribution >= 0.6 is 11.6 Å².